The number of urea groups is 1. The fourth-order valence-corrected chi connectivity index (χ4v) is 2.12. The smallest absolute Gasteiger partial charge is 0.316 e. The van der Waals surface area contributed by atoms with Crippen molar-refractivity contribution in [3.63, 3.8) is 0 Å². The molecular weight excluding hydrogens is 276 g/mol. The number of hydrogen-bond acceptors (Lipinski definition) is 3. The van der Waals surface area contributed by atoms with Crippen molar-refractivity contribution in [3.8, 4) is 11.1 Å². The molecule has 0 aliphatic rings. The third-order valence-electron chi connectivity index (χ3n) is 3.27. The lowest BCUT2D eigenvalue weighted by atomic mass is 10.0. The van der Waals surface area contributed by atoms with Gasteiger partial charge in [0.2, 0.25) is 0 Å². The summed E-state index contributed by atoms with van der Waals surface area (Å²) in [7, 11) is 0. The fourth-order valence-electron chi connectivity index (χ4n) is 2.12. The minimum Gasteiger partial charge on any atom is -0.370 e. The highest BCUT2D eigenvalue weighted by Crippen LogP contribution is 2.26. The molecule has 4 N–H and O–H groups in total. The van der Waals surface area contributed by atoms with E-state index in [9.17, 15) is 4.79 Å². The van der Waals surface area contributed by atoms with E-state index in [1.165, 1.54) is 0 Å². The summed E-state index contributed by atoms with van der Waals surface area (Å²) in [5.74, 6) is 1.43. The topological polar surface area (TPSA) is 80.0 Å². The number of primary amides is 1. The van der Waals surface area contributed by atoms with Crippen LogP contribution in [0.15, 0.2) is 36.5 Å². The minimum absolute atomic E-state index is 0.568. The Hall–Kier alpha value is -2.56. The van der Waals surface area contributed by atoms with E-state index in [0.29, 0.717) is 11.6 Å². The van der Waals surface area contributed by atoms with Crippen molar-refractivity contribution in [2.75, 3.05) is 17.2 Å². The van der Waals surface area contributed by atoms with Crippen molar-refractivity contribution in [1.29, 1.82) is 0 Å². The van der Waals surface area contributed by atoms with Crippen LogP contribution in [0.3, 0.4) is 0 Å². The van der Waals surface area contributed by atoms with Crippen LogP contribution in [0.1, 0.15) is 19.4 Å². The molecule has 22 heavy (non-hydrogen) atoms. The number of amides is 2. The first-order chi connectivity index (χ1) is 10.5. The summed E-state index contributed by atoms with van der Waals surface area (Å²) in [4.78, 5) is 15.4. The molecule has 2 aromatic rings. The zero-order chi connectivity index (χ0) is 16.1. The molecule has 0 fully saturated rings. The number of hydrogen-bond donors (Lipinski definition) is 3. The first-order valence-corrected chi connectivity index (χ1v) is 7.33. The van der Waals surface area contributed by atoms with Gasteiger partial charge < -0.3 is 16.4 Å². The number of nitrogens with one attached hydrogen (secondary N) is 2. The van der Waals surface area contributed by atoms with E-state index in [-0.39, 0.29) is 0 Å². The van der Waals surface area contributed by atoms with E-state index >= 15 is 0 Å². The van der Waals surface area contributed by atoms with Crippen molar-refractivity contribution in [2.45, 2.75) is 20.8 Å². The lowest BCUT2D eigenvalue weighted by molar-refractivity contribution is 0.259. The zero-order valence-corrected chi connectivity index (χ0v) is 13.2. The predicted molar refractivity (Wildman–Crippen MR) is 90.9 cm³/mol. The van der Waals surface area contributed by atoms with Crippen molar-refractivity contribution < 1.29 is 4.79 Å². The molecule has 0 spiro atoms. The summed E-state index contributed by atoms with van der Waals surface area (Å²) in [6, 6.07) is 9.10. The summed E-state index contributed by atoms with van der Waals surface area (Å²) < 4.78 is 0. The van der Waals surface area contributed by atoms with Crippen LogP contribution < -0.4 is 16.4 Å². The van der Waals surface area contributed by atoms with E-state index in [1.807, 2.05) is 43.5 Å². The van der Waals surface area contributed by atoms with Gasteiger partial charge in [-0.1, -0.05) is 19.9 Å². The van der Waals surface area contributed by atoms with Crippen LogP contribution in [-0.4, -0.2) is 17.6 Å². The second-order valence-electron chi connectivity index (χ2n) is 5.73. The SMILES string of the molecule is Cc1ccc(NC(N)=O)cc1-c1ccc(NCC(C)C)nc1. The monoisotopic (exact) mass is 298 g/mol. The van der Waals surface area contributed by atoms with Crippen LogP contribution in [0.4, 0.5) is 16.3 Å². The Bertz CT molecular complexity index is 650. The van der Waals surface area contributed by atoms with Crippen molar-refractivity contribution in [3.05, 3.63) is 42.1 Å². The molecule has 2 rings (SSSR count). The van der Waals surface area contributed by atoms with Crippen molar-refractivity contribution in [1.82, 2.24) is 4.98 Å². The van der Waals surface area contributed by atoms with E-state index < -0.39 is 6.03 Å². The Morgan fingerprint density at radius 2 is 2.05 bits per heavy atom. The molecule has 1 aromatic carbocycles. The second-order valence-corrected chi connectivity index (χ2v) is 5.73. The molecular formula is C17H22N4O. The molecule has 1 aromatic heterocycles. The maximum absolute atomic E-state index is 11.0. The Labute approximate surface area is 130 Å². The van der Waals surface area contributed by atoms with Gasteiger partial charge in [0.1, 0.15) is 5.82 Å². The molecule has 5 nitrogen and oxygen atoms in total. The number of benzene rings is 1. The average molecular weight is 298 g/mol. The molecule has 116 valence electrons. The van der Waals surface area contributed by atoms with Crippen LogP contribution in [-0.2, 0) is 0 Å². The van der Waals surface area contributed by atoms with Crippen molar-refractivity contribution in [2.24, 2.45) is 11.7 Å². The molecule has 0 radical (unpaired) electrons. The number of carbonyl (C=O) groups excluding carboxylic acids is 1. The maximum Gasteiger partial charge on any atom is 0.316 e. The third-order valence-corrected chi connectivity index (χ3v) is 3.27. The molecule has 0 unspecified atom stereocenters. The van der Waals surface area contributed by atoms with Crippen LogP contribution in [0.2, 0.25) is 0 Å². The quantitative estimate of drug-likeness (QED) is 0.788. The second kappa shape index (κ2) is 6.93. The maximum atomic E-state index is 11.0. The summed E-state index contributed by atoms with van der Waals surface area (Å²) in [5, 5.41) is 5.88. The highest BCUT2D eigenvalue weighted by molar-refractivity contribution is 5.89. The number of pyridine rings is 1. The van der Waals surface area contributed by atoms with Gasteiger partial charge in [0.25, 0.3) is 0 Å². The van der Waals surface area contributed by atoms with Crippen molar-refractivity contribution >= 4 is 17.5 Å². The molecule has 5 heteroatoms. The van der Waals surface area contributed by atoms with E-state index in [0.717, 1.165) is 29.1 Å². The average Bonchev–Trinajstić information content (AvgIpc) is 2.47. The largest absolute Gasteiger partial charge is 0.370 e. The van der Waals surface area contributed by atoms with Crippen LogP contribution in [0.25, 0.3) is 11.1 Å². The van der Waals surface area contributed by atoms with E-state index in [2.05, 4.69) is 29.5 Å². The summed E-state index contributed by atoms with van der Waals surface area (Å²) in [6.45, 7) is 7.22. The molecule has 0 bridgehead atoms. The van der Waals surface area contributed by atoms with Gasteiger partial charge >= 0.3 is 6.03 Å². The van der Waals surface area contributed by atoms with Crippen LogP contribution >= 0.6 is 0 Å². The number of aromatic nitrogens is 1. The lowest BCUT2D eigenvalue weighted by Gasteiger charge is -2.11. The van der Waals surface area contributed by atoms with Gasteiger partial charge in [-0.2, -0.15) is 0 Å². The Morgan fingerprint density at radius 3 is 2.64 bits per heavy atom. The van der Waals surface area contributed by atoms with Gasteiger partial charge in [0, 0.05) is 24.0 Å². The molecule has 0 aliphatic carbocycles. The first kappa shape index (κ1) is 15.8. The zero-order valence-electron chi connectivity index (χ0n) is 13.2. The Balaban J connectivity index is 2.22. The fraction of sp³-hybridized carbons (Fsp3) is 0.294. The molecule has 0 saturated heterocycles. The van der Waals surface area contributed by atoms with Gasteiger partial charge in [0.05, 0.1) is 0 Å². The number of carbonyl (C=O) groups is 1. The van der Waals surface area contributed by atoms with Gasteiger partial charge in [-0.25, -0.2) is 9.78 Å². The number of aryl methyl sites for hydroxylation is 1. The van der Waals surface area contributed by atoms with Gasteiger partial charge in [0.15, 0.2) is 0 Å². The summed E-state index contributed by atoms with van der Waals surface area (Å²) >= 11 is 0. The Morgan fingerprint density at radius 1 is 1.27 bits per heavy atom. The molecule has 0 saturated carbocycles. The van der Waals surface area contributed by atoms with Gasteiger partial charge in [-0.3, -0.25) is 0 Å². The highest BCUT2D eigenvalue weighted by atomic mass is 16.2. The van der Waals surface area contributed by atoms with Gasteiger partial charge in [-0.05, 0) is 48.2 Å². The number of anilines is 2. The number of nitrogens with zero attached hydrogens (tertiary/aromatic N) is 1. The molecule has 0 atom stereocenters. The molecule has 0 aliphatic heterocycles. The normalized spacial score (nSPS) is 10.5. The van der Waals surface area contributed by atoms with E-state index in [1.54, 1.807) is 0 Å². The standard InChI is InChI=1S/C17H22N4O/c1-11(2)9-19-16-7-5-13(10-20-16)15-8-14(21-17(18)22)6-4-12(15)3/h4-8,10-11H,9H2,1-3H3,(H,19,20)(H3,18,21,22). The van der Waals surface area contributed by atoms with Crippen LogP contribution in [0, 0.1) is 12.8 Å². The minimum atomic E-state index is -0.568. The molecule has 1 heterocycles. The molecule has 2 amide bonds. The van der Waals surface area contributed by atoms with E-state index in [4.69, 9.17) is 5.73 Å². The highest BCUT2D eigenvalue weighted by Gasteiger charge is 2.06. The summed E-state index contributed by atoms with van der Waals surface area (Å²) in [5.41, 5.74) is 8.97. The summed E-state index contributed by atoms with van der Waals surface area (Å²) in [6.07, 6.45) is 1.83. The van der Waals surface area contributed by atoms with Crippen LogP contribution in [0.5, 0.6) is 0 Å². The number of rotatable bonds is 5. The predicted octanol–water partition coefficient (Wildman–Crippen LogP) is 3.62. The van der Waals surface area contributed by atoms with Gasteiger partial charge in [-0.15, -0.1) is 0 Å². The number of nitrogens with two attached hydrogens (primary N) is 1. The first-order valence-electron chi connectivity index (χ1n) is 7.33. The lowest BCUT2D eigenvalue weighted by Crippen LogP contribution is -2.19. The Kier molecular flexibility index (Phi) is 4.99. The third kappa shape index (κ3) is 4.22.